The maximum atomic E-state index is 5.55. The van der Waals surface area contributed by atoms with E-state index in [9.17, 15) is 0 Å². The predicted octanol–water partition coefficient (Wildman–Crippen LogP) is 3.24. The van der Waals surface area contributed by atoms with Crippen molar-refractivity contribution >= 4 is 0 Å². The highest BCUT2D eigenvalue weighted by molar-refractivity contribution is 5.67. The Balaban J connectivity index is 2.53. The third kappa shape index (κ3) is 1.80. The van der Waals surface area contributed by atoms with Gasteiger partial charge >= 0.3 is 0 Å². The van der Waals surface area contributed by atoms with Gasteiger partial charge in [0.25, 0.3) is 0 Å². The molecule has 2 aromatic rings. The van der Waals surface area contributed by atoms with E-state index in [0.717, 1.165) is 28.4 Å². The smallest absolute Gasteiger partial charge is 0.137 e. The number of ether oxygens (including phenoxy) is 1. The van der Waals surface area contributed by atoms with Crippen LogP contribution in [0.5, 0.6) is 5.75 Å². The van der Waals surface area contributed by atoms with Crippen LogP contribution in [-0.4, -0.2) is 7.11 Å². The van der Waals surface area contributed by atoms with E-state index in [0.29, 0.717) is 0 Å². The fourth-order valence-electron chi connectivity index (χ4n) is 1.56. The summed E-state index contributed by atoms with van der Waals surface area (Å²) >= 11 is 0. The molecule has 1 aromatic carbocycles. The van der Waals surface area contributed by atoms with Gasteiger partial charge in [0.05, 0.1) is 12.7 Å². The van der Waals surface area contributed by atoms with Gasteiger partial charge in [0, 0.05) is 5.56 Å². The number of aryl methyl sites for hydroxylation is 1. The predicted molar refractivity (Wildman–Crippen MR) is 63.4 cm³/mol. The molecular weight excluding hydrogens is 200 g/mol. The highest BCUT2D eigenvalue weighted by Gasteiger charge is 2.09. The highest BCUT2D eigenvalue weighted by Crippen LogP contribution is 2.31. The molecule has 0 spiro atoms. The van der Waals surface area contributed by atoms with Crippen LogP contribution in [0.3, 0.4) is 0 Å². The summed E-state index contributed by atoms with van der Waals surface area (Å²) in [5.41, 5.74) is 1.71. The Morgan fingerprint density at radius 2 is 2.06 bits per heavy atom. The molecule has 0 fully saturated rings. The number of terminal acetylenes is 1. The molecule has 1 heterocycles. The first-order chi connectivity index (χ1) is 7.74. The van der Waals surface area contributed by atoms with E-state index in [4.69, 9.17) is 15.6 Å². The first-order valence-corrected chi connectivity index (χ1v) is 4.96. The van der Waals surface area contributed by atoms with Gasteiger partial charge in [-0.3, -0.25) is 0 Å². The Labute approximate surface area is 94.9 Å². The maximum Gasteiger partial charge on any atom is 0.137 e. The van der Waals surface area contributed by atoms with Crippen molar-refractivity contribution in [2.45, 2.75) is 6.92 Å². The fourth-order valence-corrected chi connectivity index (χ4v) is 1.56. The van der Waals surface area contributed by atoms with E-state index in [1.54, 1.807) is 7.11 Å². The number of methoxy groups -OCH3 is 1. The Hall–Kier alpha value is -2.14. The molecule has 0 atom stereocenters. The van der Waals surface area contributed by atoms with Gasteiger partial charge in [0.15, 0.2) is 0 Å². The molecule has 1 aromatic heterocycles. The number of rotatable bonds is 2. The van der Waals surface area contributed by atoms with Gasteiger partial charge in [-0.25, -0.2) is 0 Å². The second-order valence-corrected chi connectivity index (χ2v) is 3.47. The number of furan rings is 1. The monoisotopic (exact) mass is 212 g/mol. The summed E-state index contributed by atoms with van der Waals surface area (Å²) in [5.74, 6) is 4.96. The molecule has 0 aliphatic heterocycles. The van der Waals surface area contributed by atoms with Crippen molar-refractivity contribution in [3.8, 4) is 29.4 Å². The molecule has 0 saturated heterocycles. The third-order valence-corrected chi connectivity index (χ3v) is 2.37. The number of benzene rings is 1. The molecule has 2 heteroatoms. The first kappa shape index (κ1) is 10.4. The summed E-state index contributed by atoms with van der Waals surface area (Å²) in [6.45, 7) is 1.91. The van der Waals surface area contributed by atoms with Crippen molar-refractivity contribution in [2.24, 2.45) is 0 Å². The summed E-state index contributed by atoms with van der Waals surface area (Å²) in [5, 5.41) is 0. The largest absolute Gasteiger partial charge is 0.496 e. The normalized spacial score (nSPS) is 9.81. The molecule has 0 amide bonds. The van der Waals surface area contributed by atoms with Crippen LogP contribution in [0.1, 0.15) is 11.3 Å². The van der Waals surface area contributed by atoms with E-state index >= 15 is 0 Å². The maximum absolute atomic E-state index is 5.55. The summed E-state index contributed by atoms with van der Waals surface area (Å²) < 4.78 is 10.8. The topological polar surface area (TPSA) is 22.4 Å². The van der Waals surface area contributed by atoms with E-state index in [1.165, 1.54) is 0 Å². The second-order valence-electron chi connectivity index (χ2n) is 3.47. The molecule has 16 heavy (non-hydrogen) atoms. The fraction of sp³-hybridized carbons (Fsp3) is 0.143. The Morgan fingerprint density at radius 1 is 1.25 bits per heavy atom. The zero-order valence-corrected chi connectivity index (χ0v) is 9.28. The zero-order valence-electron chi connectivity index (χ0n) is 9.28. The van der Waals surface area contributed by atoms with E-state index in [1.807, 2.05) is 37.3 Å². The SMILES string of the molecule is C#Cc1ccc(-c2ccc(C)o2)c(OC)c1. The van der Waals surface area contributed by atoms with Crippen molar-refractivity contribution in [1.29, 1.82) is 0 Å². The summed E-state index contributed by atoms with van der Waals surface area (Å²) in [6.07, 6.45) is 5.34. The van der Waals surface area contributed by atoms with Crippen LogP contribution in [0.25, 0.3) is 11.3 Å². The van der Waals surface area contributed by atoms with Gasteiger partial charge in [0.1, 0.15) is 17.3 Å². The summed E-state index contributed by atoms with van der Waals surface area (Å²) in [4.78, 5) is 0. The van der Waals surface area contributed by atoms with Gasteiger partial charge in [-0.05, 0) is 37.3 Å². The molecule has 0 radical (unpaired) electrons. The van der Waals surface area contributed by atoms with Crippen molar-refractivity contribution < 1.29 is 9.15 Å². The van der Waals surface area contributed by atoms with Crippen LogP contribution in [0.2, 0.25) is 0 Å². The average Bonchev–Trinajstić information content (AvgIpc) is 2.74. The quantitative estimate of drug-likeness (QED) is 0.713. The molecule has 80 valence electrons. The highest BCUT2D eigenvalue weighted by atomic mass is 16.5. The molecule has 0 bridgehead atoms. The van der Waals surface area contributed by atoms with Crippen LogP contribution in [0, 0.1) is 19.3 Å². The number of hydrogen-bond donors (Lipinski definition) is 0. The van der Waals surface area contributed by atoms with Crippen molar-refractivity contribution in [1.82, 2.24) is 0 Å². The van der Waals surface area contributed by atoms with Crippen molar-refractivity contribution in [2.75, 3.05) is 7.11 Å². The molecule has 0 aliphatic rings. The van der Waals surface area contributed by atoms with Gasteiger partial charge in [-0.1, -0.05) is 5.92 Å². The molecule has 2 rings (SSSR count). The molecule has 0 aliphatic carbocycles. The second kappa shape index (κ2) is 4.16. The molecule has 2 nitrogen and oxygen atoms in total. The Kier molecular flexibility index (Phi) is 2.70. The summed E-state index contributed by atoms with van der Waals surface area (Å²) in [7, 11) is 1.62. The van der Waals surface area contributed by atoms with Crippen LogP contribution in [0.15, 0.2) is 34.7 Å². The standard InChI is InChI=1S/C14H12O2/c1-4-11-6-7-12(14(9-11)15-3)13-8-5-10(2)16-13/h1,5-9H,2-3H3. The van der Waals surface area contributed by atoms with Crippen molar-refractivity contribution in [3.63, 3.8) is 0 Å². The minimum Gasteiger partial charge on any atom is -0.496 e. The van der Waals surface area contributed by atoms with Crippen LogP contribution in [-0.2, 0) is 0 Å². The lowest BCUT2D eigenvalue weighted by molar-refractivity contribution is 0.414. The molecular formula is C14H12O2. The molecule has 0 unspecified atom stereocenters. The Bertz CT molecular complexity index is 544. The third-order valence-electron chi connectivity index (χ3n) is 2.37. The molecule has 0 N–H and O–H groups in total. The van der Waals surface area contributed by atoms with E-state index in [2.05, 4.69) is 5.92 Å². The first-order valence-electron chi connectivity index (χ1n) is 4.96. The minimum atomic E-state index is 0.727. The van der Waals surface area contributed by atoms with Gasteiger partial charge < -0.3 is 9.15 Å². The van der Waals surface area contributed by atoms with Crippen LogP contribution in [0.4, 0.5) is 0 Å². The molecule has 0 saturated carbocycles. The zero-order chi connectivity index (χ0) is 11.5. The Morgan fingerprint density at radius 3 is 2.62 bits per heavy atom. The average molecular weight is 212 g/mol. The lowest BCUT2D eigenvalue weighted by Gasteiger charge is -2.06. The number of hydrogen-bond acceptors (Lipinski definition) is 2. The van der Waals surface area contributed by atoms with Crippen LogP contribution >= 0.6 is 0 Å². The lowest BCUT2D eigenvalue weighted by Crippen LogP contribution is -1.88. The van der Waals surface area contributed by atoms with E-state index in [-0.39, 0.29) is 0 Å². The van der Waals surface area contributed by atoms with Crippen molar-refractivity contribution in [3.05, 3.63) is 41.7 Å². The summed E-state index contributed by atoms with van der Waals surface area (Å²) in [6, 6.07) is 9.45. The lowest BCUT2D eigenvalue weighted by atomic mass is 10.1. The van der Waals surface area contributed by atoms with E-state index < -0.39 is 0 Å². The minimum absolute atomic E-state index is 0.727. The van der Waals surface area contributed by atoms with Gasteiger partial charge in [0.2, 0.25) is 0 Å². The van der Waals surface area contributed by atoms with Crippen LogP contribution < -0.4 is 4.74 Å². The van der Waals surface area contributed by atoms with Gasteiger partial charge in [-0.15, -0.1) is 6.42 Å². The van der Waals surface area contributed by atoms with Gasteiger partial charge in [-0.2, -0.15) is 0 Å².